The Morgan fingerprint density at radius 2 is 2.15 bits per heavy atom. The largest absolute Gasteiger partial charge is 0.320 e. The summed E-state index contributed by atoms with van der Waals surface area (Å²) in [5, 5.41) is 0. The van der Waals surface area contributed by atoms with Gasteiger partial charge in [-0.25, -0.2) is 13.1 Å². The monoisotopic (exact) mass is 292 g/mol. The highest BCUT2D eigenvalue weighted by Crippen LogP contribution is 2.26. The van der Waals surface area contributed by atoms with Crippen LogP contribution < -0.4 is 10.5 Å². The Labute approximate surface area is 120 Å². The maximum atomic E-state index is 12.4. The minimum atomic E-state index is -3.50. The third kappa shape index (κ3) is 3.60. The Hall–Kier alpha value is -1.35. The molecule has 0 atom stereocenters. The van der Waals surface area contributed by atoms with Crippen LogP contribution in [0.15, 0.2) is 23.1 Å². The molecule has 1 saturated carbocycles. The predicted octanol–water partition coefficient (Wildman–Crippen LogP) is 1.38. The standard InChI is InChI=1S/C15H20N2O2S/c1-12-7-8-15(14(10-12)6-3-9-16)20(18,19)17-11-13-4-2-5-13/h7-8,10,13,17H,2,4-5,9,11,16H2,1H3. The molecule has 0 bridgehead atoms. The van der Waals surface area contributed by atoms with Gasteiger partial charge in [-0.05, 0) is 43.4 Å². The molecule has 1 aliphatic carbocycles. The molecule has 4 nitrogen and oxygen atoms in total. The summed E-state index contributed by atoms with van der Waals surface area (Å²) in [7, 11) is -3.50. The van der Waals surface area contributed by atoms with Crippen molar-refractivity contribution in [1.82, 2.24) is 4.72 Å². The minimum Gasteiger partial charge on any atom is -0.320 e. The van der Waals surface area contributed by atoms with Crippen LogP contribution in [0.5, 0.6) is 0 Å². The summed E-state index contributed by atoms with van der Waals surface area (Å²) >= 11 is 0. The first kappa shape index (κ1) is 15.0. The second kappa shape index (κ2) is 6.40. The van der Waals surface area contributed by atoms with Crippen LogP contribution in [0, 0.1) is 24.7 Å². The SMILES string of the molecule is Cc1ccc(S(=O)(=O)NCC2CCC2)c(C#CCN)c1. The Bertz CT molecular complexity index is 638. The zero-order chi connectivity index (χ0) is 14.6. The molecule has 0 amide bonds. The van der Waals surface area contributed by atoms with E-state index in [-0.39, 0.29) is 11.4 Å². The van der Waals surface area contributed by atoms with Crippen LogP contribution in [0.4, 0.5) is 0 Å². The van der Waals surface area contributed by atoms with Crippen molar-refractivity contribution in [3.05, 3.63) is 29.3 Å². The first-order chi connectivity index (χ1) is 9.53. The number of nitrogens with two attached hydrogens (primary N) is 1. The number of aryl methyl sites for hydroxylation is 1. The quantitative estimate of drug-likeness (QED) is 0.824. The summed E-state index contributed by atoms with van der Waals surface area (Å²) in [5.74, 6) is 6.04. The van der Waals surface area contributed by atoms with E-state index in [2.05, 4.69) is 16.6 Å². The van der Waals surface area contributed by atoms with Crippen molar-refractivity contribution in [3.63, 3.8) is 0 Å². The van der Waals surface area contributed by atoms with Crippen LogP contribution in [0.3, 0.4) is 0 Å². The number of benzene rings is 1. The molecule has 1 aromatic carbocycles. The normalized spacial score (nSPS) is 15.3. The highest BCUT2D eigenvalue weighted by molar-refractivity contribution is 7.89. The van der Waals surface area contributed by atoms with E-state index in [1.807, 2.05) is 6.92 Å². The van der Waals surface area contributed by atoms with E-state index < -0.39 is 10.0 Å². The molecule has 2 rings (SSSR count). The van der Waals surface area contributed by atoms with E-state index in [1.54, 1.807) is 18.2 Å². The Balaban J connectivity index is 2.24. The van der Waals surface area contributed by atoms with E-state index in [4.69, 9.17) is 5.73 Å². The van der Waals surface area contributed by atoms with Gasteiger partial charge in [-0.3, -0.25) is 0 Å². The Morgan fingerprint density at radius 3 is 2.75 bits per heavy atom. The van der Waals surface area contributed by atoms with Crippen LogP contribution >= 0.6 is 0 Å². The summed E-state index contributed by atoms with van der Waals surface area (Å²) in [4.78, 5) is 0.239. The van der Waals surface area contributed by atoms with Crippen LogP contribution in [-0.2, 0) is 10.0 Å². The van der Waals surface area contributed by atoms with Crippen molar-refractivity contribution in [1.29, 1.82) is 0 Å². The maximum Gasteiger partial charge on any atom is 0.241 e. The molecular formula is C15H20N2O2S. The topological polar surface area (TPSA) is 72.2 Å². The molecule has 0 aliphatic heterocycles. The maximum absolute atomic E-state index is 12.4. The van der Waals surface area contributed by atoms with Gasteiger partial charge in [-0.2, -0.15) is 0 Å². The van der Waals surface area contributed by atoms with Gasteiger partial charge in [0.25, 0.3) is 0 Å². The van der Waals surface area contributed by atoms with Gasteiger partial charge in [0.15, 0.2) is 0 Å². The molecule has 0 spiro atoms. The number of sulfonamides is 1. The number of hydrogen-bond donors (Lipinski definition) is 2. The summed E-state index contributed by atoms with van der Waals surface area (Å²) < 4.78 is 27.4. The zero-order valence-corrected chi connectivity index (χ0v) is 12.5. The second-order valence-corrected chi connectivity index (χ2v) is 6.89. The molecule has 0 saturated heterocycles. The third-order valence-corrected chi connectivity index (χ3v) is 5.02. The van der Waals surface area contributed by atoms with Gasteiger partial charge in [0, 0.05) is 12.1 Å². The second-order valence-electron chi connectivity index (χ2n) is 5.15. The van der Waals surface area contributed by atoms with Crippen LogP contribution in [0.25, 0.3) is 0 Å². The molecular weight excluding hydrogens is 272 g/mol. The molecule has 0 unspecified atom stereocenters. The van der Waals surface area contributed by atoms with E-state index in [1.165, 1.54) is 6.42 Å². The highest BCUT2D eigenvalue weighted by Gasteiger charge is 2.22. The minimum absolute atomic E-state index is 0.211. The summed E-state index contributed by atoms with van der Waals surface area (Å²) in [5.41, 5.74) is 6.85. The average molecular weight is 292 g/mol. The van der Waals surface area contributed by atoms with Gasteiger partial charge in [-0.15, -0.1) is 0 Å². The van der Waals surface area contributed by atoms with Crippen molar-refractivity contribution in [2.75, 3.05) is 13.1 Å². The van der Waals surface area contributed by atoms with Crippen LogP contribution in [0.2, 0.25) is 0 Å². The van der Waals surface area contributed by atoms with Gasteiger partial charge in [0.2, 0.25) is 10.0 Å². The molecule has 0 heterocycles. The lowest BCUT2D eigenvalue weighted by Gasteiger charge is -2.25. The molecule has 20 heavy (non-hydrogen) atoms. The first-order valence-corrected chi connectivity index (χ1v) is 8.30. The van der Waals surface area contributed by atoms with Gasteiger partial charge < -0.3 is 5.73 Å². The van der Waals surface area contributed by atoms with E-state index in [0.29, 0.717) is 18.0 Å². The molecule has 3 N–H and O–H groups in total. The number of hydrogen-bond acceptors (Lipinski definition) is 3. The van der Waals surface area contributed by atoms with Gasteiger partial charge in [0.05, 0.1) is 11.4 Å². The molecule has 108 valence electrons. The molecule has 0 aromatic heterocycles. The predicted molar refractivity (Wildman–Crippen MR) is 79.6 cm³/mol. The molecule has 1 fully saturated rings. The number of nitrogens with one attached hydrogen (secondary N) is 1. The molecule has 5 heteroatoms. The highest BCUT2D eigenvalue weighted by atomic mass is 32.2. The van der Waals surface area contributed by atoms with Crippen LogP contribution in [0.1, 0.15) is 30.4 Å². The van der Waals surface area contributed by atoms with Gasteiger partial charge >= 0.3 is 0 Å². The third-order valence-electron chi connectivity index (χ3n) is 3.54. The molecule has 0 radical (unpaired) electrons. The number of rotatable bonds is 4. The summed E-state index contributed by atoms with van der Waals surface area (Å²) in [6, 6.07) is 5.17. The van der Waals surface area contributed by atoms with E-state index >= 15 is 0 Å². The summed E-state index contributed by atoms with van der Waals surface area (Å²) in [6.07, 6.45) is 3.41. The fourth-order valence-corrected chi connectivity index (χ4v) is 3.38. The van der Waals surface area contributed by atoms with E-state index in [0.717, 1.165) is 18.4 Å². The van der Waals surface area contributed by atoms with Crippen molar-refractivity contribution in [3.8, 4) is 11.8 Å². The zero-order valence-electron chi connectivity index (χ0n) is 11.6. The van der Waals surface area contributed by atoms with Gasteiger partial charge in [-0.1, -0.05) is 24.3 Å². The van der Waals surface area contributed by atoms with Crippen molar-refractivity contribution in [2.24, 2.45) is 11.7 Å². The molecule has 1 aromatic rings. The first-order valence-electron chi connectivity index (χ1n) is 6.82. The fraction of sp³-hybridized carbons (Fsp3) is 0.467. The molecule has 1 aliphatic rings. The lowest BCUT2D eigenvalue weighted by molar-refractivity contribution is 0.316. The lowest BCUT2D eigenvalue weighted by atomic mass is 9.86. The lowest BCUT2D eigenvalue weighted by Crippen LogP contribution is -2.32. The smallest absolute Gasteiger partial charge is 0.241 e. The van der Waals surface area contributed by atoms with Gasteiger partial charge in [0.1, 0.15) is 0 Å². The summed E-state index contributed by atoms with van der Waals surface area (Å²) in [6.45, 7) is 2.63. The van der Waals surface area contributed by atoms with E-state index in [9.17, 15) is 8.42 Å². The Kier molecular flexibility index (Phi) is 4.81. The van der Waals surface area contributed by atoms with Crippen molar-refractivity contribution >= 4 is 10.0 Å². The average Bonchev–Trinajstić information content (AvgIpc) is 2.34. The van der Waals surface area contributed by atoms with Crippen molar-refractivity contribution < 1.29 is 8.42 Å². The van der Waals surface area contributed by atoms with Crippen molar-refractivity contribution in [2.45, 2.75) is 31.1 Å². The van der Waals surface area contributed by atoms with Crippen LogP contribution in [-0.4, -0.2) is 21.5 Å². The fourth-order valence-electron chi connectivity index (χ4n) is 2.12. The Morgan fingerprint density at radius 1 is 1.40 bits per heavy atom.